The summed E-state index contributed by atoms with van der Waals surface area (Å²) >= 11 is 0. The van der Waals surface area contributed by atoms with Gasteiger partial charge in [-0.1, -0.05) is 0 Å². The summed E-state index contributed by atoms with van der Waals surface area (Å²) in [6, 6.07) is 4.08. The van der Waals surface area contributed by atoms with E-state index in [0.29, 0.717) is 11.3 Å². The second-order valence-electron chi connectivity index (χ2n) is 3.04. The number of nitriles is 1. The number of nitrogens with two attached hydrogens (primary N) is 1. The van der Waals surface area contributed by atoms with Crippen molar-refractivity contribution in [1.29, 1.82) is 5.26 Å². The molecule has 1 aromatic heterocycles. The minimum absolute atomic E-state index is 0.594. The van der Waals surface area contributed by atoms with E-state index in [0.717, 1.165) is 18.4 Å². The zero-order valence-corrected chi connectivity index (χ0v) is 7.12. The van der Waals surface area contributed by atoms with Gasteiger partial charge in [-0.25, -0.2) is 0 Å². The highest BCUT2D eigenvalue weighted by atomic mass is 14.7. The number of nitrogens with zero attached hydrogens (tertiary/aromatic N) is 2. The average Bonchev–Trinajstić information content (AvgIpc) is 2.19. The van der Waals surface area contributed by atoms with Crippen LogP contribution in [0.2, 0.25) is 0 Å². The first-order valence-corrected chi connectivity index (χ1v) is 4.15. The molecule has 3 heteroatoms. The van der Waals surface area contributed by atoms with Crippen molar-refractivity contribution in [3.05, 3.63) is 35.2 Å². The molecule has 0 spiro atoms. The van der Waals surface area contributed by atoms with Gasteiger partial charge in [0, 0.05) is 18.0 Å². The number of aromatic nitrogens is 1. The van der Waals surface area contributed by atoms with E-state index in [1.54, 1.807) is 12.4 Å². The van der Waals surface area contributed by atoms with Gasteiger partial charge >= 0.3 is 0 Å². The Kier molecular flexibility index (Phi) is 1.75. The van der Waals surface area contributed by atoms with E-state index >= 15 is 0 Å². The number of hydrogen-bond donors (Lipinski definition) is 1. The molecule has 2 N–H and O–H groups in total. The lowest BCUT2D eigenvalue weighted by Crippen LogP contribution is -2.10. The summed E-state index contributed by atoms with van der Waals surface area (Å²) in [5, 5.41) is 8.78. The molecule has 0 fully saturated rings. The van der Waals surface area contributed by atoms with E-state index in [1.807, 2.05) is 6.07 Å². The summed E-state index contributed by atoms with van der Waals surface area (Å²) in [4.78, 5) is 3.99. The zero-order chi connectivity index (χ0) is 9.26. The number of pyridine rings is 1. The Balaban J connectivity index is 2.60. The van der Waals surface area contributed by atoms with Crippen LogP contribution < -0.4 is 5.73 Å². The largest absolute Gasteiger partial charge is 0.397 e. The Morgan fingerprint density at radius 1 is 1.46 bits per heavy atom. The molecule has 13 heavy (non-hydrogen) atoms. The first-order valence-electron chi connectivity index (χ1n) is 4.15. The van der Waals surface area contributed by atoms with Crippen molar-refractivity contribution in [2.75, 3.05) is 0 Å². The van der Waals surface area contributed by atoms with Gasteiger partial charge in [0.25, 0.3) is 0 Å². The molecular formula is C10H9N3. The molecule has 3 nitrogen and oxygen atoms in total. The van der Waals surface area contributed by atoms with E-state index in [1.165, 1.54) is 5.56 Å². The van der Waals surface area contributed by atoms with Crippen molar-refractivity contribution in [3.63, 3.8) is 0 Å². The van der Waals surface area contributed by atoms with Gasteiger partial charge in [-0.05, 0) is 24.5 Å². The van der Waals surface area contributed by atoms with Gasteiger partial charge in [0.15, 0.2) is 0 Å². The van der Waals surface area contributed by atoms with E-state index in [9.17, 15) is 0 Å². The van der Waals surface area contributed by atoms with Gasteiger partial charge in [-0.2, -0.15) is 5.26 Å². The average molecular weight is 171 g/mol. The lowest BCUT2D eigenvalue weighted by molar-refractivity contribution is 0.932. The Morgan fingerprint density at radius 3 is 3.08 bits per heavy atom. The minimum Gasteiger partial charge on any atom is -0.397 e. The summed E-state index contributed by atoms with van der Waals surface area (Å²) in [7, 11) is 0. The molecule has 0 atom stereocenters. The molecule has 1 aromatic rings. The summed E-state index contributed by atoms with van der Waals surface area (Å²) < 4.78 is 0. The molecule has 0 amide bonds. The molecule has 0 radical (unpaired) electrons. The third kappa shape index (κ3) is 1.17. The fourth-order valence-electron chi connectivity index (χ4n) is 1.56. The smallest absolute Gasteiger partial charge is 0.0969 e. The van der Waals surface area contributed by atoms with E-state index in [4.69, 9.17) is 11.0 Å². The van der Waals surface area contributed by atoms with E-state index < -0.39 is 0 Å². The summed E-state index contributed by atoms with van der Waals surface area (Å²) in [5.74, 6) is 0. The maximum absolute atomic E-state index is 8.78. The van der Waals surface area contributed by atoms with Crippen LogP contribution in [-0.4, -0.2) is 4.98 Å². The molecule has 0 unspecified atom stereocenters. The molecule has 0 aliphatic heterocycles. The van der Waals surface area contributed by atoms with Crippen molar-refractivity contribution < 1.29 is 0 Å². The summed E-state index contributed by atoms with van der Waals surface area (Å²) in [5.41, 5.74) is 9.20. The van der Waals surface area contributed by atoms with Crippen molar-refractivity contribution in [2.24, 2.45) is 5.73 Å². The van der Waals surface area contributed by atoms with Crippen molar-refractivity contribution in [1.82, 2.24) is 4.98 Å². The van der Waals surface area contributed by atoms with Gasteiger partial charge in [-0.15, -0.1) is 0 Å². The third-order valence-electron chi connectivity index (χ3n) is 2.31. The summed E-state index contributed by atoms with van der Waals surface area (Å²) in [6.07, 6.45) is 5.12. The van der Waals surface area contributed by atoms with Crippen LogP contribution in [0, 0.1) is 11.3 Å². The quantitative estimate of drug-likeness (QED) is 0.638. The SMILES string of the molecule is N#CC1=C(N)c2cnccc2CC1. The number of hydrogen-bond acceptors (Lipinski definition) is 3. The highest BCUT2D eigenvalue weighted by Gasteiger charge is 2.15. The van der Waals surface area contributed by atoms with Crippen LogP contribution in [0.4, 0.5) is 0 Å². The lowest BCUT2D eigenvalue weighted by atomic mass is 9.92. The highest BCUT2D eigenvalue weighted by Crippen LogP contribution is 2.26. The van der Waals surface area contributed by atoms with Crippen LogP contribution in [0.15, 0.2) is 24.0 Å². The van der Waals surface area contributed by atoms with E-state index in [-0.39, 0.29) is 0 Å². The minimum atomic E-state index is 0.594. The van der Waals surface area contributed by atoms with Crippen LogP contribution in [-0.2, 0) is 6.42 Å². The molecule has 64 valence electrons. The standard InChI is InChI=1S/C10H9N3/c11-5-8-2-1-7-3-4-13-6-9(7)10(8)12/h3-4,6H,1-2,12H2. The van der Waals surface area contributed by atoms with Crippen molar-refractivity contribution in [3.8, 4) is 6.07 Å². The van der Waals surface area contributed by atoms with Gasteiger partial charge in [-0.3, -0.25) is 4.98 Å². The van der Waals surface area contributed by atoms with Crippen LogP contribution in [0.5, 0.6) is 0 Å². The van der Waals surface area contributed by atoms with Crippen LogP contribution >= 0.6 is 0 Å². The fraction of sp³-hybridized carbons (Fsp3) is 0.200. The van der Waals surface area contributed by atoms with E-state index in [2.05, 4.69) is 11.1 Å². The number of allylic oxidation sites excluding steroid dienone is 1. The topological polar surface area (TPSA) is 62.7 Å². The Labute approximate surface area is 76.5 Å². The molecule has 1 aliphatic carbocycles. The molecule has 0 aromatic carbocycles. The Bertz CT molecular complexity index is 412. The van der Waals surface area contributed by atoms with Gasteiger partial charge < -0.3 is 5.73 Å². The van der Waals surface area contributed by atoms with Crippen LogP contribution in [0.1, 0.15) is 17.5 Å². The maximum Gasteiger partial charge on any atom is 0.0969 e. The number of aryl methyl sites for hydroxylation is 1. The Morgan fingerprint density at radius 2 is 2.31 bits per heavy atom. The molecule has 1 aliphatic rings. The fourth-order valence-corrected chi connectivity index (χ4v) is 1.56. The number of fused-ring (bicyclic) bond motifs is 1. The van der Waals surface area contributed by atoms with Gasteiger partial charge in [0.2, 0.25) is 0 Å². The van der Waals surface area contributed by atoms with Crippen LogP contribution in [0.3, 0.4) is 0 Å². The van der Waals surface area contributed by atoms with Crippen molar-refractivity contribution in [2.45, 2.75) is 12.8 Å². The normalized spacial score (nSPS) is 15.0. The number of rotatable bonds is 0. The molecular weight excluding hydrogens is 162 g/mol. The maximum atomic E-state index is 8.78. The summed E-state index contributed by atoms with van der Waals surface area (Å²) in [6.45, 7) is 0. The molecule has 2 rings (SSSR count). The first kappa shape index (κ1) is 7.81. The Hall–Kier alpha value is -1.82. The highest BCUT2D eigenvalue weighted by molar-refractivity contribution is 5.72. The predicted octanol–water partition coefficient (Wildman–Crippen LogP) is 1.22. The van der Waals surface area contributed by atoms with Gasteiger partial charge in [0.1, 0.15) is 0 Å². The van der Waals surface area contributed by atoms with Crippen LogP contribution in [0.25, 0.3) is 5.70 Å². The zero-order valence-electron chi connectivity index (χ0n) is 7.12. The second kappa shape index (κ2) is 2.91. The molecule has 1 heterocycles. The van der Waals surface area contributed by atoms with Gasteiger partial charge in [0.05, 0.1) is 17.3 Å². The molecule has 0 saturated carbocycles. The monoisotopic (exact) mass is 171 g/mol. The lowest BCUT2D eigenvalue weighted by Gasteiger charge is -2.15. The molecule has 0 saturated heterocycles. The predicted molar refractivity (Wildman–Crippen MR) is 49.3 cm³/mol. The molecule has 0 bridgehead atoms. The first-order chi connectivity index (χ1) is 6.33. The second-order valence-corrected chi connectivity index (χ2v) is 3.04. The third-order valence-corrected chi connectivity index (χ3v) is 2.31. The van der Waals surface area contributed by atoms with Crippen molar-refractivity contribution >= 4 is 5.70 Å².